The normalized spacial score (nSPS) is 10.6. The highest BCUT2D eigenvalue weighted by Crippen LogP contribution is 2.31. The van der Waals surface area contributed by atoms with Crippen LogP contribution in [0, 0.1) is 13.8 Å². The number of benzene rings is 2. The average molecular weight is 437 g/mol. The molecule has 1 amide bonds. The molecule has 0 unspecified atom stereocenters. The van der Waals surface area contributed by atoms with Gasteiger partial charge in [0.15, 0.2) is 0 Å². The molecule has 0 atom stereocenters. The number of carbonyl (C=O) groups is 1. The summed E-state index contributed by atoms with van der Waals surface area (Å²) in [6.45, 7) is 4.60. The Kier molecular flexibility index (Phi) is 7.68. The molecule has 0 spiro atoms. The van der Waals surface area contributed by atoms with E-state index in [4.69, 9.17) is 19.9 Å². The highest BCUT2D eigenvalue weighted by Gasteiger charge is 2.12. The Morgan fingerprint density at radius 3 is 2.25 bits per heavy atom. The zero-order chi connectivity index (χ0) is 23.1. The number of ether oxygens (including phenoxy) is 3. The van der Waals surface area contributed by atoms with Gasteiger partial charge in [-0.05, 0) is 53.3 Å². The van der Waals surface area contributed by atoms with Crippen molar-refractivity contribution in [3.8, 4) is 22.9 Å². The lowest BCUT2D eigenvalue weighted by Crippen LogP contribution is -2.15. The lowest BCUT2D eigenvalue weighted by atomic mass is 9.92. The monoisotopic (exact) mass is 436 g/mol. The van der Waals surface area contributed by atoms with Gasteiger partial charge in [-0.15, -0.1) is 0 Å². The van der Waals surface area contributed by atoms with Crippen LogP contribution >= 0.6 is 0 Å². The Labute approximate surface area is 187 Å². The summed E-state index contributed by atoms with van der Waals surface area (Å²) in [4.78, 5) is 15.1. The van der Waals surface area contributed by atoms with Crippen LogP contribution in [-0.2, 0) is 24.4 Å². The van der Waals surface area contributed by atoms with Crippen molar-refractivity contribution in [2.45, 2.75) is 33.5 Å². The van der Waals surface area contributed by atoms with Gasteiger partial charge in [0.25, 0.3) is 0 Å². The van der Waals surface area contributed by atoms with Gasteiger partial charge in [-0.2, -0.15) is 4.98 Å². The highest BCUT2D eigenvalue weighted by atomic mass is 16.5. The number of nitrogens with zero attached hydrogens (tertiary/aromatic N) is 1. The Balaban J connectivity index is 1.76. The Morgan fingerprint density at radius 1 is 0.969 bits per heavy atom. The molecule has 0 fully saturated rings. The van der Waals surface area contributed by atoms with E-state index in [1.165, 1.54) is 7.11 Å². The molecule has 168 valence electrons. The van der Waals surface area contributed by atoms with E-state index in [9.17, 15) is 9.90 Å². The number of aliphatic hydroxyl groups excluding tert-OH is 1. The second-order valence-electron chi connectivity index (χ2n) is 7.36. The number of aliphatic hydroxyl groups is 1. The van der Waals surface area contributed by atoms with Gasteiger partial charge in [0, 0.05) is 18.1 Å². The molecule has 7 nitrogen and oxygen atoms in total. The second-order valence-corrected chi connectivity index (χ2v) is 7.36. The van der Waals surface area contributed by atoms with Crippen molar-refractivity contribution in [1.82, 2.24) is 4.98 Å². The molecular formula is C25H28N2O5. The first-order valence-corrected chi connectivity index (χ1v) is 10.3. The van der Waals surface area contributed by atoms with Crippen LogP contribution in [0.4, 0.5) is 4.79 Å². The number of methoxy groups -OCH3 is 1. The van der Waals surface area contributed by atoms with Gasteiger partial charge < -0.3 is 25.1 Å². The first-order chi connectivity index (χ1) is 15.4. The summed E-state index contributed by atoms with van der Waals surface area (Å²) in [5, 5.41) is 9.59. The van der Waals surface area contributed by atoms with E-state index in [1.807, 2.05) is 37.3 Å². The van der Waals surface area contributed by atoms with Crippen LogP contribution in [0.2, 0.25) is 0 Å². The number of rotatable bonds is 9. The van der Waals surface area contributed by atoms with Gasteiger partial charge in [-0.3, -0.25) is 0 Å². The first kappa shape index (κ1) is 23.1. The quantitative estimate of drug-likeness (QED) is 0.524. The summed E-state index contributed by atoms with van der Waals surface area (Å²) in [5.41, 5.74) is 12.1. The third-order valence-corrected chi connectivity index (χ3v) is 5.45. The van der Waals surface area contributed by atoms with Crippen LogP contribution < -0.4 is 15.2 Å². The zero-order valence-corrected chi connectivity index (χ0v) is 18.6. The van der Waals surface area contributed by atoms with Crippen molar-refractivity contribution in [3.63, 3.8) is 0 Å². The maximum Gasteiger partial charge on any atom is 0.404 e. The largest absolute Gasteiger partial charge is 0.481 e. The summed E-state index contributed by atoms with van der Waals surface area (Å²) >= 11 is 0. The fraction of sp³-hybridized carbons (Fsp3) is 0.280. The third kappa shape index (κ3) is 5.36. The van der Waals surface area contributed by atoms with Gasteiger partial charge in [0.05, 0.1) is 20.3 Å². The van der Waals surface area contributed by atoms with Crippen LogP contribution in [0.15, 0.2) is 48.5 Å². The molecule has 7 heteroatoms. The molecule has 0 aliphatic carbocycles. The molecule has 1 aromatic heterocycles. The molecule has 3 N–H and O–H groups in total. The summed E-state index contributed by atoms with van der Waals surface area (Å²) in [7, 11) is 1.53. The van der Waals surface area contributed by atoms with Gasteiger partial charge in [-0.25, -0.2) is 4.79 Å². The summed E-state index contributed by atoms with van der Waals surface area (Å²) in [6, 6.07) is 15.7. The van der Waals surface area contributed by atoms with Crippen molar-refractivity contribution in [2.24, 2.45) is 5.73 Å². The number of amides is 1. The predicted molar refractivity (Wildman–Crippen MR) is 122 cm³/mol. The van der Waals surface area contributed by atoms with Crippen molar-refractivity contribution < 1.29 is 24.1 Å². The van der Waals surface area contributed by atoms with Gasteiger partial charge >= 0.3 is 6.09 Å². The lowest BCUT2D eigenvalue weighted by Gasteiger charge is -2.16. The van der Waals surface area contributed by atoms with E-state index in [1.54, 1.807) is 6.07 Å². The topological polar surface area (TPSA) is 104 Å². The number of carbonyl (C=O) groups excluding carboxylic acids is 1. The summed E-state index contributed by atoms with van der Waals surface area (Å²) < 4.78 is 16.1. The molecule has 0 bridgehead atoms. The van der Waals surface area contributed by atoms with Crippen LogP contribution in [0.5, 0.6) is 11.8 Å². The zero-order valence-electron chi connectivity index (χ0n) is 18.6. The van der Waals surface area contributed by atoms with E-state index >= 15 is 0 Å². The van der Waals surface area contributed by atoms with Crippen molar-refractivity contribution in [2.75, 3.05) is 13.7 Å². The minimum absolute atomic E-state index is 0.0136. The summed E-state index contributed by atoms with van der Waals surface area (Å²) in [6.07, 6.45) is -0.375. The number of primary amides is 1. The Morgan fingerprint density at radius 2 is 1.62 bits per heavy atom. The molecule has 3 aromatic rings. The number of pyridine rings is 1. The van der Waals surface area contributed by atoms with E-state index in [0.717, 1.165) is 38.9 Å². The van der Waals surface area contributed by atoms with Crippen molar-refractivity contribution in [1.29, 1.82) is 0 Å². The third-order valence-electron chi connectivity index (χ3n) is 5.45. The Hall–Kier alpha value is -3.58. The fourth-order valence-corrected chi connectivity index (χ4v) is 3.59. The highest BCUT2D eigenvalue weighted by molar-refractivity contribution is 5.72. The molecule has 2 aromatic carbocycles. The summed E-state index contributed by atoms with van der Waals surface area (Å²) in [5.74, 6) is 0.849. The SMILES string of the molecule is COc1nc(OCc2cccc(-c3cccc(CO)c3C)c2C)ccc1CCOC(N)=O. The van der Waals surface area contributed by atoms with Gasteiger partial charge in [0.2, 0.25) is 11.8 Å². The first-order valence-electron chi connectivity index (χ1n) is 10.3. The van der Waals surface area contributed by atoms with Gasteiger partial charge in [0.1, 0.15) is 6.61 Å². The molecular weight excluding hydrogens is 408 g/mol. The van der Waals surface area contributed by atoms with Gasteiger partial charge in [-0.1, -0.05) is 36.4 Å². The number of nitrogens with two attached hydrogens (primary N) is 1. The number of hydrogen-bond donors (Lipinski definition) is 2. The predicted octanol–water partition coefficient (Wildman–Crippen LogP) is 4.08. The minimum Gasteiger partial charge on any atom is -0.481 e. The van der Waals surface area contributed by atoms with Crippen molar-refractivity contribution in [3.05, 3.63) is 76.3 Å². The number of aromatic nitrogens is 1. The van der Waals surface area contributed by atoms with Crippen molar-refractivity contribution >= 4 is 6.09 Å². The van der Waals surface area contributed by atoms with Crippen LogP contribution in [-0.4, -0.2) is 29.9 Å². The molecule has 0 aliphatic rings. The van der Waals surface area contributed by atoms with E-state index in [0.29, 0.717) is 24.8 Å². The molecule has 0 aliphatic heterocycles. The average Bonchev–Trinajstić information content (AvgIpc) is 2.79. The molecule has 1 heterocycles. The maximum atomic E-state index is 10.7. The minimum atomic E-state index is -0.812. The standard InChI is InChI=1S/C25H28N2O5/c1-16-19(14-28)6-4-8-21(16)22-9-5-7-20(17(22)2)15-32-23-11-10-18(24(27-23)30-3)12-13-31-25(26)29/h4-11,28H,12-15H2,1-3H3,(H2,26,29). The molecule has 3 rings (SSSR count). The number of hydrogen-bond acceptors (Lipinski definition) is 6. The van der Waals surface area contributed by atoms with Crippen LogP contribution in [0.3, 0.4) is 0 Å². The maximum absolute atomic E-state index is 10.7. The fourth-order valence-electron chi connectivity index (χ4n) is 3.59. The van der Waals surface area contributed by atoms with E-state index < -0.39 is 6.09 Å². The lowest BCUT2D eigenvalue weighted by molar-refractivity contribution is 0.157. The van der Waals surface area contributed by atoms with Crippen LogP contribution in [0.1, 0.15) is 27.8 Å². The molecule has 32 heavy (non-hydrogen) atoms. The second kappa shape index (κ2) is 10.6. The molecule has 0 saturated carbocycles. The molecule has 0 saturated heterocycles. The molecule has 0 radical (unpaired) electrons. The van der Waals surface area contributed by atoms with Crippen LogP contribution in [0.25, 0.3) is 11.1 Å². The van der Waals surface area contributed by atoms with E-state index in [-0.39, 0.29) is 13.2 Å². The van der Waals surface area contributed by atoms with E-state index in [2.05, 4.69) is 24.0 Å². The smallest absolute Gasteiger partial charge is 0.404 e. The Bertz CT molecular complexity index is 1100.